The number of benzene rings is 1. The molecule has 7 atom stereocenters. The van der Waals surface area contributed by atoms with Crippen LogP contribution in [0.25, 0.3) is 0 Å². The van der Waals surface area contributed by atoms with Crippen LogP contribution in [0.15, 0.2) is 29.6 Å². The predicted octanol–water partition coefficient (Wildman–Crippen LogP) is 3.99. The lowest BCUT2D eigenvalue weighted by Gasteiger charge is -2.31. The number of hydrogen-bond acceptors (Lipinski definition) is 10. The molecular weight excluding hydrogens is 660 g/mol. The number of anilines is 1. The van der Waals surface area contributed by atoms with Gasteiger partial charge in [0.15, 0.2) is 6.10 Å². The Balaban J connectivity index is 1.76. The molecule has 1 aliphatic rings. The molecule has 0 bridgehead atoms. The minimum Gasteiger partial charge on any atom is -0.481 e. The summed E-state index contributed by atoms with van der Waals surface area (Å²) < 4.78 is 5.69. The quantitative estimate of drug-likeness (QED) is 0.0969. The second kappa shape index (κ2) is 19.4. The molecule has 2 aromatic rings. The Kier molecular flexibility index (Phi) is 15.7. The summed E-state index contributed by atoms with van der Waals surface area (Å²) in [7, 11) is 0. The van der Waals surface area contributed by atoms with Crippen LogP contribution in [0.2, 0.25) is 0 Å². The molecule has 2 heterocycles. The number of carbonyl (C=O) groups excluding carboxylic acids is 4. The molecule has 13 nitrogen and oxygen atoms in total. The zero-order chi connectivity index (χ0) is 37.0. The number of amides is 3. The van der Waals surface area contributed by atoms with Gasteiger partial charge in [-0.25, -0.2) is 4.98 Å². The smallest absolute Gasteiger partial charge is 0.306 e. The maximum atomic E-state index is 13.7. The van der Waals surface area contributed by atoms with Crippen molar-refractivity contribution < 1.29 is 33.8 Å². The number of nitrogens with one attached hydrogen (secondary N) is 4. The van der Waals surface area contributed by atoms with E-state index in [0.717, 1.165) is 42.7 Å². The van der Waals surface area contributed by atoms with Gasteiger partial charge < -0.3 is 36.8 Å². The van der Waals surface area contributed by atoms with Crippen LogP contribution < -0.4 is 27.0 Å². The van der Waals surface area contributed by atoms with E-state index in [1.165, 1.54) is 6.92 Å². The molecule has 0 radical (unpaired) electrons. The Morgan fingerprint density at radius 1 is 1.04 bits per heavy atom. The van der Waals surface area contributed by atoms with Crippen molar-refractivity contribution in [2.75, 3.05) is 12.3 Å². The molecule has 1 aromatic heterocycles. The third kappa shape index (κ3) is 12.4. The molecule has 1 aromatic carbocycles. The summed E-state index contributed by atoms with van der Waals surface area (Å²) in [5, 5.41) is 23.7. The molecule has 50 heavy (non-hydrogen) atoms. The molecular formula is C36H54N6O7S. The number of nitrogens with two attached hydrogens (primary N) is 1. The number of carboxylic acids is 1. The lowest BCUT2D eigenvalue weighted by molar-refractivity contribution is -0.147. The van der Waals surface area contributed by atoms with Gasteiger partial charge in [0.05, 0.1) is 12.0 Å². The number of carbonyl (C=O) groups is 5. The van der Waals surface area contributed by atoms with Crippen molar-refractivity contribution in [1.29, 1.82) is 0 Å². The van der Waals surface area contributed by atoms with E-state index in [4.69, 9.17) is 10.5 Å². The topological polar surface area (TPSA) is 202 Å². The first-order valence-corrected chi connectivity index (χ1v) is 18.4. The molecule has 1 aliphatic heterocycles. The first-order valence-electron chi connectivity index (χ1n) is 17.5. The van der Waals surface area contributed by atoms with Gasteiger partial charge in [-0.2, -0.15) is 0 Å². The minimum absolute atomic E-state index is 0.0710. The highest BCUT2D eigenvalue weighted by atomic mass is 32.1. The molecule has 0 aliphatic carbocycles. The van der Waals surface area contributed by atoms with Crippen molar-refractivity contribution in [2.45, 2.75) is 117 Å². The van der Waals surface area contributed by atoms with E-state index in [1.54, 1.807) is 24.4 Å². The number of aromatic nitrogens is 1. The predicted molar refractivity (Wildman–Crippen MR) is 192 cm³/mol. The van der Waals surface area contributed by atoms with Crippen molar-refractivity contribution in [1.82, 2.24) is 26.3 Å². The summed E-state index contributed by atoms with van der Waals surface area (Å²) in [5.41, 5.74) is 7.40. The molecule has 14 heteroatoms. The molecule has 1 fully saturated rings. The van der Waals surface area contributed by atoms with Crippen LogP contribution >= 0.6 is 11.3 Å². The van der Waals surface area contributed by atoms with Crippen molar-refractivity contribution in [3.8, 4) is 0 Å². The third-order valence-electron chi connectivity index (χ3n) is 9.22. The Bertz CT molecular complexity index is 1440. The fraction of sp³-hybridized carbons (Fsp3) is 0.611. The fourth-order valence-electron chi connectivity index (χ4n) is 5.89. The van der Waals surface area contributed by atoms with E-state index in [2.05, 4.69) is 26.3 Å². The first-order chi connectivity index (χ1) is 23.7. The highest BCUT2D eigenvalue weighted by Crippen LogP contribution is 2.29. The SMILES string of the molecule is CC[C@H](C)[C@H](NC(=O)[C@H]1CCCCN1)C(=O)N[C@H](C[C@@H](OC(C)=O)c1nc(C(=O)N[C@@H](Cc2ccc(N)cc2)C[C@@H](C)C(=O)O)cs1)C(C)C. The van der Waals surface area contributed by atoms with Gasteiger partial charge in [0.2, 0.25) is 11.8 Å². The average Bonchev–Trinajstić information content (AvgIpc) is 3.58. The van der Waals surface area contributed by atoms with Gasteiger partial charge >= 0.3 is 11.9 Å². The zero-order valence-corrected chi connectivity index (χ0v) is 30.8. The van der Waals surface area contributed by atoms with Crippen molar-refractivity contribution >= 4 is 46.7 Å². The van der Waals surface area contributed by atoms with E-state index in [1.807, 2.05) is 39.8 Å². The minimum atomic E-state index is -0.965. The number of ether oxygens (including phenoxy) is 1. The van der Waals surface area contributed by atoms with E-state index in [0.29, 0.717) is 23.5 Å². The summed E-state index contributed by atoms with van der Waals surface area (Å²) in [5.74, 6) is -3.39. The average molecular weight is 715 g/mol. The summed E-state index contributed by atoms with van der Waals surface area (Å²) in [6.45, 7) is 11.4. The van der Waals surface area contributed by atoms with Crippen molar-refractivity contribution in [3.63, 3.8) is 0 Å². The summed E-state index contributed by atoms with van der Waals surface area (Å²) in [6.07, 6.45) is 3.29. The first kappa shape index (κ1) is 40.4. The largest absolute Gasteiger partial charge is 0.481 e. The normalized spacial score (nSPS) is 18.2. The third-order valence-corrected chi connectivity index (χ3v) is 10.2. The molecule has 0 unspecified atom stereocenters. The van der Waals surface area contributed by atoms with E-state index in [-0.39, 0.29) is 48.2 Å². The molecule has 3 amide bonds. The van der Waals surface area contributed by atoms with Crippen LogP contribution in [0.1, 0.15) is 107 Å². The number of thiazole rings is 1. The van der Waals surface area contributed by atoms with Gasteiger partial charge in [-0.15, -0.1) is 11.3 Å². The van der Waals surface area contributed by atoms with Crippen LogP contribution in [0.4, 0.5) is 5.69 Å². The second-order valence-electron chi connectivity index (χ2n) is 13.7. The maximum Gasteiger partial charge on any atom is 0.306 e. The Hall–Kier alpha value is -4.04. The molecule has 0 saturated carbocycles. The highest BCUT2D eigenvalue weighted by Gasteiger charge is 2.33. The molecule has 276 valence electrons. The van der Waals surface area contributed by atoms with Gasteiger partial charge in [0, 0.05) is 36.5 Å². The van der Waals surface area contributed by atoms with Gasteiger partial charge in [0.25, 0.3) is 5.91 Å². The Morgan fingerprint density at radius 2 is 1.74 bits per heavy atom. The summed E-state index contributed by atoms with van der Waals surface area (Å²) in [6, 6.07) is 5.14. The van der Waals surface area contributed by atoms with Gasteiger partial charge in [0.1, 0.15) is 16.7 Å². The Morgan fingerprint density at radius 3 is 2.32 bits per heavy atom. The van der Waals surface area contributed by atoms with Gasteiger partial charge in [-0.05, 0) is 61.8 Å². The zero-order valence-electron chi connectivity index (χ0n) is 30.0. The van der Waals surface area contributed by atoms with Gasteiger partial charge in [-0.3, -0.25) is 24.0 Å². The van der Waals surface area contributed by atoms with E-state index in [9.17, 15) is 29.1 Å². The number of rotatable bonds is 18. The molecule has 7 N–H and O–H groups in total. The summed E-state index contributed by atoms with van der Waals surface area (Å²) >= 11 is 1.16. The fourth-order valence-corrected chi connectivity index (χ4v) is 6.73. The molecule has 0 spiro atoms. The van der Waals surface area contributed by atoms with Gasteiger partial charge in [-0.1, -0.05) is 59.6 Å². The number of piperidine rings is 1. The number of carboxylic acid groups (broad SMARTS) is 1. The molecule has 3 rings (SSSR count). The van der Waals surface area contributed by atoms with Crippen LogP contribution in [0.5, 0.6) is 0 Å². The number of nitrogens with zero attached hydrogens (tertiary/aromatic N) is 1. The number of hydrogen-bond donors (Lipinski definition) is 6. The van der Waals surface area contributed by atoms with E-state index >= 15 is 0 Å². The maximum absolute atomic E-state index is 13.7. The van der Waals surface area contributed by atoms with Crippen molar-refractivity contribution in [3.05, 3.63) is 45.9 Å². The van der Waals surface area contributed by atoms with Crippen LogP contribution in [0.3, 0.4) is 0 Å². The summed E-state index contributed by atoms with van der Waals surface area (Å²) in [4.78, 5) is 68.6. The molecule has 1 saturated heterocycles. The standard InChI is InChI=1S/C36H54N6O7S/c1-7-21(4)31(42-32(44)27-10-8-9-15-38-27)34(46)40-28(20(2)3)18-30(49-23(6)43)35-41-29(19-50-35)33(45)39-26(16-22(5)36(47)48)17-24-11-13-25(37)14-12-24/h11-14,19-22,26-28,30-31,38H,7-10,15-18,37H2,1-6H3,(H,39,45)(H,40,46)(H,42,44)(H,47,48)/t21-,22+,26+,27+,28+,30+,31-/m0/s1. The number of aliphatic carboxylic acids is 1. The second-order valence-corrected chi connectivity index (χ2v) is 14.6. The number of nitrogen functional groups attached to an aromatic ring is 1. The van der Waals surface area contributed by atoms with E-state index < -0.39 is 48.0 Å². The van der Waals surface area contributed by atoms with Crippen LogP contribution in [-0.2, 0) is 30.3 Å². The number of esters is 1. The van der Waals surface area contributed by atoms with Crippen LogP contribution in [-0.4, -0.2) is 70.5 Å². The highest BCUT2D eigenvalue weighted by molar-refractivity contribution is 7.09. The lowest BCUT2D eigenvalue weighted by Crippen LogP contribution is -2.57. The van der Waals surface area contributed by atoms with Crippen molar-refractivity contribution in [2.24, 2.45) is 17.8 Å². The monoisotopic (exact) mass is 714 g/mol. The van der Waals surface area contributed by atoms with Crippen LogP contribution in [0, 0.1) is 17.8 Å². The Labute approximate surface area is 298 Å². The lowest BCUT2D eigenvalue weighted by atomic mass is 9.94.